The standard InChI is InChI=1S/C13H25N3O/c14-12-10-13(17)16(11-12)9-5-8-15-6-3-1-2-4-7-15/h12H,1-11,14H2. The Labute approximate surface area is 104 Å². The summed E-state index contributed by atoms with van der Waals surface area (Å²) in [6, 6.07) is 0.0701. The first kappa shape index (κ1) is 12.8. The summed E-state index contributed by atoms with van der Waals surface area (Å²) in [6.07, 6.45) is 7.09. The van der Waals surface area contributed by atoms with E-state index in [4.69, 9.17) is 5.73 Å². The Kier molecular flexibility index (Phi) is 4.80. The van der Waals surface area contributed by atoms with Gasteiger partial charge in [-0.2, -0.15) is 0 Å². The summed E-state index contributed by atoms with van der Waals surface area (Å²) in [6.45, 7) is 5.28. The number of nitrogens with zero attached hydrogens (tertiary/aromatic N) is 2. The summed E-state index contributed by atoms with van der Waals surface area (Å²) in [5, 5.41) is 0. The minimum absolute atomic E-state index is 0.0701. The van der Waals surface area contributed by atoms with E-state index in [1.54, 1.807) is 0 Å². The van der Waals surface area contributed by atoms with Gasteiger partial charge in [0, 0.05) is 25.6 Å². The maximum absolute atomic E-state index is 11.6. The van der Waals surface area contributed by atoms with Crippen LogP contribution < -0.4 is 5.73 Å². The summed E-state index contributed by atoms with van der Waals surface area (Å²) in [5.41, 5.74) is 5.78. The van der Waals surface area contributed by atoms with Gasteiger partial charge in [0.2, 0.25) is 5.91 Å². The lowest BCUT2D eigenvalue weighted by molar-refractivity contribution is -0.127. The van der Waals surface area contributed by atoms with E-state index in [1.807, 2.05) is 4.90 Å². The Morgan fingerprint density at radius 2 is 1.82 bits per heavy atom. The second-order valence-electron chi connectivity index (χ2n) is 5.41. The topological polar surface area (TPSA) is 49.6 Å². The SMILES string of the molecule is NC1CC(=O)N(CCCN2CCCCCC2)C1. The molecule has 2 saturated heterocycles. The van der Waals surface area contributed by atoms with Crippen molar-refractivity contribution in [3.63, 3.8) is 0 Å². The van der Waals surface area contributed by atoms with Crippen LogP contribution in [0, 0.1) is 0 Å². The van der Waals surface area contributed by atoms with E-state index in [0.717, 1.165) is 26.1 Å². The summed E-state index contributed by atoms with van der Waals surface area (Å²) in [5.74, 6) is 0.244. The fourth-order valence-corrected chi connectivity index (χ4v) is 2.86. The lowest BCUT2D eigenvalue weighted by Crippen LogP contribution is -2.32. The van der Waals surface area contributed by atoms with Gasteiger partial charge in [0.15, 0.2) is 0 Å². The third-order valence-electron chi connectivity index (χ3n) is 3.85. The smallest absolute Gasteiger partial charge is 0.224 e. The third kappa shape index (κ3) is 3.96. The predicted molar refractivity (Wildman–Crippen MR) is 68.7 cm³/mol. The fourth-order valence-electron chi connectivity index (χ4n) is 2.86. The fraction of sp³-hybridized carbons (Fsp3) is 0.923. The first-order valence-corrected chi connectivity index (χ1v) is 7.01. The number of amides is 1. The van der Waals surface area contributed by atoms with Crippen molar-refractivity contribution in [3.8, 4) is 0 Å². The quantitative estimate of drug-likeness (QED) is 0.790. The molecule has 1 amide bonds. The van der Waals surface area contributed by atoms with Crippen molar-refractivity contribution in [2.45, 2.75) is 44.6 Å². The van der Waals surface area contributed by atoms with Gasteiger partial charge >= 0.3 is 0 Å². The first-order valence-electron chi connectivity index (χ1n) is 7.01. The summed E-state index contributed by atoms with van der Waals surface area (Å²) >= 11 is 0. The molecule has 0 radical (unpaired) electrons. The van der Waals surface area contributed by atoms with Crippen molar-refractivity contribution in [3.05, 3.63) is 0 Å². The number of rotatable bonds is 4. The molecule has 17 heavy (non-hydrogen) atoms. The molecular formula is C13H25N3O. The predicted octanol–water partition coefficient (Wildman–Crippen LogP) is 0.812. The van der Waals surface area contributed by atoms with Crippen LogP contribution in [0.1, 0.15) is 38.5 Å². The van der Waals surface area contributed by atoms with E-state index >= 15 is 0 Å². The van der Waals surface area contributed by atoms with E-state index < -0.39 is 0 Å². The van der Waals surface area contributed by atoms with Crippen LogP contribution in [0.5, 0.6) is 0 Å². The van der Waals surface area contributed by atoms with Crippen molar-refractivity contribution in [1.29, 1.82) is 0 Å². The zero-order valence-corrected chi connectivity index (χ0v) is 10.7. The molecule has 2 aliphatic rings. The molecule has 0 aromatic carbocycles. The van der Waals surface area contributed by atoms with Crippen LogP contribution in [0.4, 0.5) is 0 Å². The number of hydrogen-bond donors (Lipinski definition) is 1. The Balaban J connectivity index is 1.63. The van der Waals surface area contributed by atoms with Gasteiger partial charge < -0.3 is 15.5 Å². The highest BCUT2D eigenvalue weighted by Crippen LogP contribution is 2.12. The highest BCUT2D eigenvalue weighted by atomic mass is 16.2. The van der Waals surface area contributed by atoms with Crippen LogP contribution in [-0.2, 0) is 4.79 Å². The van der Waals surface area contributed by atoms with Crippen LogP contribution in [-0.4, -0.2) is 54.5 Å². The molecule has 1 atom stereocenters. The molecule has 2 rings (SSSR count). The van der Waals surface area contributed by atoms with Crippen LogP contribution in [0.25, 0.3) is 0 Å². The lowest BCUT2D eigenvalue weighted by atomic mass is 10.2. The van der Waals surface area contributed by atoms with Gasteiger partial charge in [0.1, 0.15) is 0 Å². The van der Waals surface area contributed by atoms with Crippen molar-refractivity contribution < 1.29 is 4.79 Å². The van der Waals surface area contributed by atoms with E-state index in [2.05, 4.69) is 4.90 Å². The lowest BCUT2D eigenvalue weighted by Gasteiger charge is -2.22. The van der Waals surface area contributed by atoms with Gasteiger partial charge in [-0.1, -0.05) is 12.8 Å². The van der Waals surface area contributed by atoms with Crippen LogP contribution in [0.2, 0.25) is 0 Å². The zero-order valence-electron chi connectivity index (χ0n) is 10.7. The Bertz CT molecular complexity index is 249. The van der Waals surface area contributed by atoms with Crippen molar-refractivity contribution >= 4 is 5.91 Å². The summed E-state index contributed by atoms with van der Waals surface area (Å²) in [4.78, 5) is 16.0. The Hall–Kier alpha value is -0.610. The molecule has 4 nitrogen and oxygen atoms in total. The molecule has 0 aromatic rings. The van der Waals surface area contributed by atoms with Crippen LogP contribution >= 0.6 is 0 Å². The van der Waals surface area contributed by atoms with Crippen molar-refractivity contribution in [2.75, 3.05) is 32.7 Å². The minimum atomic E-state index is 0.0701. The molecule has 0 aliphatic carbocycles. The highest BCUT2D eigenvalue weighted by Gasteiger charge is 2.26. The highest BCUT2D eigenvalue weighted by molar-refractivity contribution is 5.79. The van der Waals surface area contributed by atoms with Gasteiger partial charge in [-0.05, 0) is 38.9 Å². The molecule has 2 fully saturated rings. The molecule has 2 heterocycles. The normalized spacial score (nSPS) is 27.5. The average Bonchev–Trinajstić information content (AvgIpc) is 2.54. The van der Waals surface area contributed by atoms with Gasteiger partial charge in [-0.15, -0.1) is 0 Å². The number of carbonyl (C=O) groups is 1. The van der Waals surface area contributed by atoms with Crippen molar-refractivity contribution in [2.24, 2.45) is 5.73 Å². The van der Waals surface area contributed by atoms with E-state index in [-0.39, 0.29) is 11.9 Å². The maximum atomic E-state index is 11.6. The molecule has 1 unspecified atom stereocenters. The van der Waals surface area contributed by atoms with E-state index in [9.17, 15) is 4.79 Å². The van der Waals surface area contributed by atoms with E-state index in [1.165, 1.54) is 38.8 Å². The molecule has 2 N–H and O–H groups in total. The number of nitrogens with two attached hydrogens (primary N) is 1. The summed E-state index contributed by atoms with van der Waals surface area (Å²) < 4.78 is 0. The molecule has 0 aromatic heterocycles. The number of carbonyl (C=O) groups excluding carboxylic acids is 1. The van der Waals surface area contributed by atoms with Gasteiger partial charge in [-0.25, -0.2) is 0 Å². The first-order chi connectivity index (χ1) is 8.25. The Morgan fingerprint density at radius 3 is 2.41 bits per heavy atom. The average molecular weight is 239 g/mol. The molecule has 0 saturated carbocycles. The van der Waals surface area contributed by atoms with Crippen molar-refractivity contribution in [1.82, 2.24) is 9.80 Å². The summed E-state index contributed by atoms with van der Waals surface area (Å²) in [7, 11) is 0. The monoisotopic (exact) mass is 239 g/mol. The number of hydrogen-bond acceptors (Lipinski definition) is 3. The van der Waals surface area contributed by atoms with Gasteiger partial charge in [-0.3, -0.25) is 4.79 Å². The Morgan fingerprint density at radius 1 is 1.12 bits per heavy atom. The third-order valence-corrected chi connectivity index (χ3v) is 3.85. The molecule has 0 bridgehead atoms. The molecular weight excluding hydrogens is 214 g/mol. The largest absolute Gasteiger partial charge is 0.341 e. The molecule has 4 heteroatoms. The second-order valence-corrected chi connectivity index (χ2v) is 5.41. The van der Waals surface area contributed by atoms with Gasteiger partial charge in [0.25, 0.3) is 0 Å². The minimum Gasteiger partial charge on any atom is -0.341 e. The van der Waals surface area contributed by atoms with Gasteiger partial charge in [0.05, 0.1) is 0 Å². The maximum Gasteiger partial charge on any atom is 0.224 e. The molecule has 98 valence electrons. The number of likely N-dealkylation sites (tertiary alicyclic amines) is 2. The second kappa shape index (κ2) is 6.36. The van der Waals surface area contributed by atoms with E-state index in [0.29, 0.717) is 6.42 Å². The molecule has 0 spiro atoms. The molecule has 2 aliphatic heterocycles. The zero-order chi connectivity index (χ0) is 12.1. The van der Waals surface area contributed by atoms with Crippen LogP contribution in [0.3, 0.4) is 0 Å². The van der Waals surface area contributed by atoms with Crippen LogP contribution in [0.15, 0.2) is 0 Å².